The minimum absolute atomic E-state index is 0.454. The Morgan fingerprint density at radius 1 is 1.20 bits per heavy atom. The minimum Gasteiger partial charge on any atom is -0.212 e. The van der Waals surface area contributed by atoms with Crippen LogP contribution in [0.25, 0.3) is 0 Å². The normalized spacial score (nSPS) is 12.0. The molecule has 0 aliphatic heterocycles. The molecule has 84 valence electrons. The van der Waals surface area contributed by atoms with Crippen LogP contribution in [0.4, 0.5) is 0 Å². The Labute approximate surface area is 91.8 Å². The summed E-state index contributed by atoms with van der Waals surface area (Å²) in [5, 5.41) is 0. The Hall–Kier alpha value is -0.870. The number of aryl methyl sites for hydroxylation is 1. The molecule has 0 atom stereocenters. The van der Waals surface area contributed by atoms with Crippen molar-refractivity contribution < 1.29 is 8.42 Å². The molecule has 0 heterocycles. The van der Waals surface area contributed by atoms with Gasteiger partial charge in [0.25, 0.3) is 0 Å². The first-order valence-corrected chi connectivity index (χ1v) is 6.79. The van der Waals surface area contributed by atoms with Gasteiger partial charge in [0.05, 0.1) is 6.26 Å². The van der Waals surface area contributed by atoms with Gasteiger partial charge < -0.3 is 0 Å². The van der Waals surface area contributed by atoms with Crippen LogP contribution in [-0.4, -0.2) is 25.5 Å². The zero-order chi connectivity index (χ0) is 11.5. The van der Waals surface area contributed by atoms with E-state index in [4.69, 9.17) is 0 Å². The van der Waals surface area contributed by atoms with Gasteiger partial charge in [-0.1, -0.05) is 36.8 Å². The number of sulfonamides is 1. The lowest BCUT2D eigenvalue weighted by Crippen LogP contribution is -2.29. The number of benzene rings is 1. The maximum Gasteiger partial charge on any atom is 0.211 e. The maximum atomic E-state index is 11.4. The molecular weight excluding hydrogens is 210 g/mol. The van der Waals surface area contributed by atoms with E-state index < -0.39 is 10.0 Å². The van der Waals surface area contributed by atoms with E-state index in [1.165, 1.54) is 16.1 Å². The van der Waals surface area contributed by atoms with Gasteiger partial charge in [-0.3, -0.25) is 0 Å². The first-order valence-electron chi connectivity index (χ1n) is 4.94. The number of rotatable bonds is 4. The van der Waals surface area contributed by atoms with Gasteiger partial charge in [-0.25, -0.2) is 8.42 Å². The van der Waals surface area contributed by atoms with E-state index in [2.05, 4.69) is 0 Å². The maximum absolute atomic E-state index is 11.4. The third-order valence-electron chi connectivity index (χ3n) is 2.30. The molecule has 1 aromatic rings. The van der Waals surface area contributed by atoms with E-state index in [1.54, 1.807) is 0 Å². The molecule has 0 saturated heterocycles. The lowest BCUT2D eigenvalue weighted by Gasteiger charge is -2.17. The molecule has 0 bridgehead atoms. The van der Waals surface area contributed by atoms with Crippen molar-refractivity contribution in [3.63, 3.8) is 0 Å². The molecule has 0 aliphatic rings. The van der Waals surface area contributed by atoms with Gasteiger partial charge in [-0.2, -0.15) is 4.31 Å². The number of nitrogens with zero attached hydrogens (tertiary/aromatic N) is 1. The molecule has 0 saturated carbocycles. The summed E-state index contributed by atoms with van der Waals surface area (Å²) in [4.78, 5) is 0. The quantitative estimate of drug-likeness (QED) is 0.786. The Bertz CT molecular complexity index is 409. The average Bonchev–Trinajstić information content (AvgIpc) is 2.15. The highest BCUT2D eigenvalue weighted by molar-refractivity contribution is 7.88. The van der Waals surface area contributed by atoms with Crippen LogP contribution >= 0.6 is 0 Å². The van der Waals surface area contributed by atoms with Gasteiger partial charge in [-0.05, 0) is 12.5 Å². The molecule has 0 fully saturated rings. The van der Waals surface area contributed by atoms with Crippen molar-refractivity contribution in [1.82, 2.24) is 4.31 Å². The van der Waals surface area contributed by atoms with E-state index in [9.17, 15) is 8.42 Å². The molecule has 0 aliphatic carbocycles. The largest absolute Gasteiger partial charge is 0.212 e. The summed E-state index contributed by atoms with van der Waals surface area (Å²) >= 11 is 0. The predicted molar refractivity (Wildman–Crippen MR) is 62.1 cm³/mol. The summed E-state index contributed by atoms with van der Waals surface area (Å²) in [6, 6.07) is 7.91. The highest BCUT2D eigenvalue weighted by Gasteiger charge is 2.14. The minimum atomic E-state index is -3.09. The molecule has 3 nitrogen and oxygen atoms in total. The van der Waals surface area contributed by atoms with Crippen molar-refractivity contribution >= 4 is 10.0 Å². The number of hydrogen-bond acceptors (Lipinski definition) is 2. The monoisotopic (exact) mass is 227 g/mol. The Balaban J connectivity index is 2.80. The van der Waals surface area contributed by atoms with Crippen LogP contribution < -0.4 is 0 Å². The zero-order valence-electron chi connectivity index (χ0n) is 9.40. The van der Waals surface area contributed by atoms with E-state index in [0.29, 0.717) is 13.1 Å². The van der Waals surface area contributed by atoms with E-state index in [-0.39, 0.29) is 0 Å². The fraction of sp³-hybridized carbons (Fsp3) is 0.455. The fourth-order valence-corrected chi connectivity index (χ4v) is 2.21. The topological polar surface area (TPSA) is 37.4 Å². The Morgan fingerprint density at radius 3 is 2.13 bits per heavy atom. The lowest BCUT2D eigenvalue weighted by atomic mass is 10.1. The fourth-order valence-electron chi connectivity index (χ4n) is 1.36. The van der Waals surface area contributed by atoms with Crippen molar-refractivity contribution in [3.8, 4) is 0 Å². The van der Waals surface area contributed by atoms with Crippen LogP contribution in [0.3, 0.4) is 0 Å². The molecule has 0 spiro atoms. The third kappa shape index (κ3) is 3.64. The SMILES string of the molecule is CCN(Cc1ccc(C)cc1)S(C)(=O)=O. The number of hydrogen-bond donors (Lipinski definition) is 0. The summed E-state index contributed by atoms with van der Waals surface area (Å²) in [5.74, 6) is 0. The van der Waals surface area contributed by atoms with Crippen LogP contribution in [0.2, 0.25) is 0 Å². The molecule has 1 rings (SSSR count). The van der Waals surface area contributed by atoms with Crippen LogP contribution in [0.15, 0.2) is 24.3 Å². The van der Waals surface area contributed by atoms with Crippen molar-refractivity contribution in [3.05, 3.63) is 35.4 Å². The standard InChI is InChI=1S/C11H17NO2S/c1-4-12(15(3,13)14)9-11-7-5-10(2)6-8-11/h5-8H,4,9H2,1-3H3. The first-order chi connectivity index (χ1) is 6.93. The van der Waals surface area contributed by atoms with Gasteiger partial charge in [0.2, 0.25) is 10.0 Å². The van der Waals surface area contributed by atoms with E-state index in [1.807, 2.05) is 38.1 Å². The lowest BCUT2D eigenvalue weighted by molar-refractivity contribution is 0.428. The third-order valence-corrected chi connectivity index (χ3v) is 3.63. The van der Waals surface area contributed by atoms with Gasteiger partial charge in [0.15, 0.2) is 0 Å². The summed E-state index contributed by atoms with van der Waals surface area (Å²) < 4.78 is 24.2. The summed E-state index contributed by atoms with van der Waals surface area (Å²) in [7, 11) is -3.09. The van der Waals surface area contributed by atoms with Crippen LogP contribution in [0, 0.1) is 6.92 Å². The summed E-state index contributed by atoms with van der Waals surface area (Å²) in [6.07, 6.45) is 1.24. The second-order valence-corrected chi connectivity index (χ2v) is 5.66. The van der Waals surface area contributed by atoms with E-state index >= 15 is 0 Å². The molecule has 0 amide bonds. The molecule has 0 N–H and O–H groups in total. The molecular formula is C11H17NO2S. The van der Waals surface area contributed by atoms with Crippen LogP contribution in [-0.2, 0) is 16.6 Å². The van der Waals surface area contributed by atoms with Crippen molar-refractivity contribution in [2.45, 2.75) is 20.4 Å². The molecule has 4 heteroatoms. The van der Waals surface area contributed by atoms with Gasteiger partial charge in [-0.15, -0.1) is 0 Å². The van der Waals surface area contributed by atoms with Crippen molar-refractivity contribution in [2.75, 3.05) is 12.8 Å². The van der Waals surface area contributed by atoms with Crippen molar-refractivity contribution in [2.24, 2.45) is 0 Å². The van der Waals surface area contributed by atoms with Gasteiger partial charge >= 0.3 is 0 Å². The van der Waals surface area contributed by atoms with Crippen LogP contribution in [0.5, 0.6) is 0 Å². The summed E-state index contributed by atoms with van der Waals surface area (Å²) in [5.41, 5.74) is 2.20. The Kier molecular flexibility index (Phi) is 3.88. The molecule has 0 unspecified atom stereocenters. The zero-order valence-corrected chi connectivity index (χ0v) is 10.2. The molecule has 0 radical (unpaired) electrons. The Morgan fingerprint density at radius 2 is 1.73 bits per heavy atom. The molecule has 15 heavy (non-hydrogen) atoms. The smallest absolute Gasteiger partial charge is 0.211 e. The molecule has 0 aromatic heterocycles. The molecule has 1 aromatic carbocycles. The van der Waals surface area contributed by atoms with E-state index in [0.717, 1.165) is 5.56 Å². The van der Waals surface area contributed by atoms with Gasteiger partial charge in [0.1, 0.15) is 0 Å². The predicted octanol–water partition coefficient (Wildman–Crippen LogP) is 1.78. The second kappa shape index (κ2) is 4.77. The average molecular weight is 227 g/mol. The van der Waals surface area contributed by atoms with Gasteiger partial charge in [0, 0.05) is 13.1 Å². The highest BCUT2D eigenvalue weighted by atomic mass is 32.2. The second-order valence-electron chi connectivity index (χ2n) is 3.67. The highest BCUT2D eigenvalue weighted by Crippen LogP contribution is 2.09. The summed E-state index contributed by atoms with van der Waals surface area (Å²) in [6.45, 7) is 4.81. The van der Waals surface area contributed by atoms with Crippen molar-refractivity contribution in [1.29, 1.82) is 0 Å². The van der Waals surface area contributed by atoms with Crippen LogP contribution in [0.1, 0.15) is 18.1 Å². The first kappa shape index (κ1) is 12.2.